The first-order chi connectivity index (χ1) is 13.6. The van der Waals surface area contributed by atoms with Gasteiger partial charge >= 0.3 is 0 Å². The largest absolute Gasteiger partial charge is 0.302 e. The van der Waals surface area contributed by atoms with Crippen LogP contribution in [0, 0.1) is 6.92 Å². The van der Waals surface area contributed by atoms with Crippen molar-refractivity contribution in [3.05, 3.63) is 64.1 Å². The number of amides is 1. The highest BCUT2D eigenvalue weighted by Crippen LogP contribution is 2.24. The second-order valence-electron chi connectivity index (χ2n) is 6.05. The molecule has 8 heteroatoms. The Bertz CT molecular complexity index is 967. The standard InChI is InChI=1S/C20H20BrN5OS/c1-3-26-19(16-8-4-14(2)5-9-16)24-25-20(26)28-13-18(27)23-22-12-15-6-10-17(21)11-7-15/h4-12H,3,13H2,1-2H3,(H,23,27)/b22-12+. The zero-order valence-corrected chi connectivity index (χ0v) is 18.0. The van der Waals surface area contributed by atoms with Crippen LogP contribution in [0.5, 0.6) is 0 Å². The summed E-state index contributed by atoms with van der Waals surface area (Å²) in [6.07, 6.45) is 1.61. The molecule has 0 bridgehead atoms. The van der Waals surface area contributed by atoms with Gasteiger partial charge in [0.05, 0.1) is 12.0 Å². The van der Waals surface area contributed by atoms with Gasteiger partial charge in [0.1, 0.15) is 0 Å². The molecule has 1 heterocycles. The van der Waals surface area contributed by atoms with Crippen molar-refractivity contribution in [2.75, 3.05) is 5.75 Å². The lowest BCUT2D eigenvalue weighted by Gasteiger charge is -2.07. The molecule has 1 aromatic heterocycles. The molecule has 144 valence electrons. The molecule has 0 spiro atoms. The normalized spacial score (nSPS) is 11.1. The summed E-state index contributed by atoms with van der Waals surface area (Å²) in [5, 5.41) is 13.3. The maximum absolute atomic E-state index is 12.1. The highest BCUT2D eigenvalue weighted by atomic mass is 79.9. The van der Waals surface area contributed by atoms with E-state index in [1.165, 1.54) is 17.3 Å². The number of thioether (sulfide) groups is 1. The van der Waals surface area contributed by atoms with Crippen LogP contribution in [0.2, 0.25) is 0 Å². The van der Waals surface area contributed by atoms with Crippen molar-refractivity contribution in [2.45, 2.75) is 25.5 Å². The second-order valence-corrected chi connectivity index (χ2v) is 7.91. The molecule has 0 aliphatic carbocycles. The summed E-state index contributed by atoms with van der Waals surface area (Å²) in [5.74, 6) is 0.823. The van der Waals surface area contributed by atoms with Gasteiger partial charge in [-0.3, -0.25) is 4.79 Å². The summed E-state index contributed by atoms with van der Waals surface area (Å²) in [5.41, 5.74) is 5.65. The molecule has 0 saturated carbocycles. The molecule has 3 aromatic rings. The number of nitrogens with zero attached hydrogens (tertiary/aromatic N) is 4. The van der Waals surface area contributed by atoms with E-state index in [1.54, 1.807) is 6.21 Å². The van der Waals surface area contributed by atoms with E-state index in [0.717, 1.165) is 28.0 Å². The first-order valence-electron chi connectivity index (χ1n) is 8.77. The molecule has 1 amide bonds. The number of nitrogens with one attached hydrogen (secondary N) is 1. The number of halogens is 1. The Morgan fingerprint density at radius 1 is 1.18 bits per heavy atom. The fourth-order valence-electron chi connectivity index (χ4n) is 2.49. The summed E-state index contributed by atoms with van der Waals surface area (Å²) in [6.45, 7) is 4.81. The topological polar surface area (TPSA) is 72.2 Å². The Kier molecular flexibility index (Phi) is 7.00. The van der Waals surface area contributed by atoms with Gasteiger partial charge in [-0.2, -0.15) is 5.10 Å². The average Bonchev–Trinajstić information content (AvgIpc) is 3.11. The molecule has 0 aliphatic heterocycles. The van der Waals surface area contributed by atoms with Crippen LogP contribution in [0.1, 0.15) is 18.1 Å². The molecule has 0 unspecified atom stereocenters. The molecular weight excluding hydrogens is 438 g/mol. The molecule has 3 rings (SSSR count). The molecule has 0 atom stereocenters. The van der Waals surface area contributed by atoms with E-state index in [0.29, 0.717) is 5.16 Å². The summed E-state index contributed by atoms with van der Waals surface area (Å²) < 4.78 is 3.00. The predicted molar refractivity (Wildman–Crippen MR) is 116 cm³/mol. The lowest BCUT2D eigenvalue weighted by molar-refractivity contribution is -0.118. The maximum Gasteiger partial charge on any atom is 0.250 e. The van der Waals surface area contributed by atoms with Gasteiger partial charge in [0.15, 0.2) is 11.0 Å². The van der Waals surface area contributed by atoms with E-state index in [9.17, 15) is 4.79 Å². The second kappa shape index (κ2) is 9.66. The quantitative estimate of drug-likeness (QED) is 0.326. The van der Waals surface area contributed by atoms with Crippen molar-refractivity contribution < 1.29 is 4.79 Å². The number of aryl methyl sites for hydroxylation is 1. The van der Waals surface area contributed by atoms with E-state index in [1.807, 2.05) is 66.9 Å². The van der Waals surface area contributed by atoms with Crippen molar-refractivity contribution in [3.63, 3.8) is 0 Å². The third-order valence-corrected chi connectivity index (χ3v) is 5.44. The van der Waals surface area contributed by atoms with Crippen LogP contribution < -0.4 is 5.43 Å². The Balaban J connectivity index is 1.58. The minimum Gasteiger partial charge on any atom is -0.302 e. The zero-order valence-electron chi connectivity index (χ0n) is 15.6. The van der Waals surface area contributed by atoms with Gasteiger partial charge in [0.2, 0.25) is 0 Å². The highest BCUT2D eigenvalue weighted by Gasteiger charge is 2.14. The van der Waals surface area contributed by atoms with Crippen LogP contribution in [0.15, 0.2) is 63.3 Å². The van der Waals surface area contributed by atoms with E-state index in [2.05, 4.69) is 36.7 Å². The van der Waals surface area contributed by atoms with Crippen LogP contribution in [0.25, 0.3) is 11.4 Å². The number of hydrogen-bond acceptors (Lipinski definition) is 5. The van der Waals surface area contributed by atoms with E-state index in [-0.39, 0.29) is 11.7 Å². The minimum atomic E-state index is -0.194. The number of hydrogen-bond donors (Lipinski definition) is 1. The molecule has 2 aromatic carbocycles. The van der Waals surface area contributed by atoms with Crippen molar-refractivity contribution in [2.24, 2.45) is 5.10 Å². The van der Waals surface area contributed by atoms with Crippen LogP contribution >= 0.6 is 27.7 Å². The number of carbonyl (C=O) groups is 1. The van der Waals surface area contributed by atoms with Gasteiger partial charge in [-0.25, -0.2) is 5.43 Å². The van der Waals surface area contributed by atoms with Gasteiger partial charge in [-0.15, -0.1) is 10.2 Å². The third kappa shape index (κ3) is 5.30. The highest BCUT2D eigenvalue weighted by molar-refractivity contribution is 9.10. The smallest absolute Gasteiger partial charge is 0.250 e. The summed E-state index contributed by atoms with van der Waals surface area (Å²) in [6, 6.07) is 15.8. The van der Waals surface area contributed by atoms with Gasteiger partial charge in [-0.05, 0) is 31.5 Å². The van der Waals surface area contributed by atoms with Gasteiger partial charge < -0.3 is 4.57 Å². The van der Waals surface area contributed by atoms with Crippen LogP contribution in [-0.2, 0) is 11.3 Å². The fourth-order valence-corrected chi connectivity index (χ4v) is 3.55. The zero-order chi connectivity index (χ0) is 19.9. The molecule has 0 saturated heterocycles. The Morgan fingerprint density at radius 2 is 1.89 bits per heavy atom. The van der Waals surface area contributed by atoms with Crippen molar-refractivity contribution in [1.82, 2.24) is 20.2 Å². The number of rotatable bonds is 7. The maximum atomic E-state index is 12.1. The van der Waals surface area contributed by atoms with Gasteiger partial charge in [0.25, 0.3) is 5.91 Å². The van der Waals surface area contributed by atoms with E-state index in [4.69, 9.17) is 0 Å². The van der Waals surface area contributed by atoms with Crippen molar-refractivity contribution in [1.29, 1.82) is 0 Å². The average molecular weight is 458 g/mol. The van der Waals surface area contributed by atoms with Crippen LogP contribution in [0.4, 0.5) is 0 Å². The SMILES string of the molecule is CCn1c(SCC(=O)N/N=C/c2ccc(Br)cc2)nnc1-c1ccc(C)cc1. The van der Waals surface area contributed by atoms with Gasteiger partial charge in [0, 0.05) is 16.6 Å². The predicted octanol–water partition coefficient (Wildman–Crippen LogP) is 4.28. The molecule has 0 radical (unpaired) electrons. The molecule has 1 N–H and O–H groups in total. The summed E-state index contributed by atoms with van der Waals surface area (Å²) in [4.78, 5) is 12.1. The molecule has 0 aliphatic rings. The number of carbonyl (C=O) groups excluding carboxylic acids is 1. The van der Waals surface area contributed by atoms with Crippen LogP contribution in [-0.4, -0.2) is 32.6 Å². The first kappa shape index (κ1) is 20.3. The Morgan fingerprint density at radius 3 is 2.57 bits per heavy atom. The third-order valence-electron chi connectivity index (χ3n) is 3.95. The molecular formula is C20H20BrN5OS. The first-order valence-corrected chi connectivity index (χ1v) is 10.5. The van der Waals surface area contributed by atoms with Gasteiger partial charge in [-0.1, -0.05) is 69.7 Å². The molecule has 6 nitrogen and oxygen atoms in total. The van der Waals surface area contributed by atoms with Crippen molar-refractivity contribution >= 4 is 39.8 Å². The summed E-state index contributed by atoms with van der Waals surface area (Å²) in [7, 11) is 0. The number of benzene rings is 2. The van der Waals surface area contributed by atoms with Crippen LogP contribution in [0.3, 0.4) is 0 Å². The number of aromatic nitrogens is 3. The monoisotopic (exact) mass is 457 g/mol. The fraction of sp³-hybridized carbons (Fsp3) is 0.200. The lowest BCUT2D eigenvalue weighted by atomic mass is 10.1. The lowest BCUT2D eigenvalue weighted by Crippen LogP contribution is -2.20. The molecule has 0 fully saturated rings. The minimum absolute atomic E-state index is 0.194. The summed E-state index contributed by atoms with van der Waals surface area (Å²) >= 11 is 4.72. The number of hydrazone groups is 1. The molecule has 28 heavy (non-hydrogen) atoms. The Labute approximate surface area is 176 Å². The Hall–Kier alpha value is -2.45. The van der Waals surface area contributed by atoms with Crippen molar-refractivity contribution in [3.8, 4) is 11.4 Å². The van der Waals surface area contributed by atoms with E-state index >= 15 is 0 Å². The van der Waals surface area contributed by atoms with E-state index < -0.39 is 0 Å².